The quantitative estimate of drug-likeness (QED) is 0.862. The molecular weight excluding hydrogens is 226 g/mol. The van der Waals surface area contributed by atoms with Gasteiger partial charge in [-0.15, -0.1) is 0 Å². The van der Waals surface area contributed by atoms with Crippen molar-refractivity contribution in [3.63, 3.8) is 0 Å². The molecule has 18 heavy (non-hydrogen) atoms. The number of pyridine rings is 1. The van der Waals surface area contributed by atoms with Crippen LogP contribution in [0.25, 0.3) is 0 Å². The van der Waals surface area contributed by atoms with Crippen LogP contribution in [-0.2, 0) is 6.54 Å². The monoisotopic (exact) mass is 249 g/mol. The van der Waals surface area contributed by atoms with Crippen molar-refractivity contribution in [2.45, 2.75) is 32.4 Å². The zero-order valence-electron chi connectivity index (χ0n) is 11.1. The molecule has 4 nitrogen and oxygen atoms in total. The van der Waals surface area contributed by atoms with Crippen molar-refractivity contribution < 1.29 is 0 Å². The molecule has 0 saturated carbocycles. The highest BCUT2D eigenvalue weighted by Crippen LogP contribution is 2.03. The number of rotatable bonds is 4. The van der Waals surface area contributed by atoms with Gasteiger partial charge in [0.2, 0.25) is 0 Å². The Bertz CT molecular complexity index is 416. The number of nitrogens with one attached hydrogen (secondary N) is 1. The minimum Gasteiger partial charge on any atom is -0.314 e. The summed E-state index contributed by atoms with van der Waals surface area (Å²) in [4.78, 5) is 14.1. The molecule has 0 amide bonds. The molecular formula is C14H23N3O. The molecule has 1 aromatic rings. The molecule has 4 heteroatoms. The van der Waals surface area contributed by atoms with Gasteiger partial charge in [0.1, 0.15) is 0 Å². The maximum absolute atomic E-state index is 11.6. The number of hydrogen-bond acceptors (Lipinski definition) is 3. The van der Waals surface area contributed by atoms with Crippen LogP contribution < -0.4 is 10.9 Å². The van der Waals surface area contributed by atoms with E-state index in [0.29, 0.717) is 6.04 Å². The first-order valence-corrected chi connectivity index (χ1v) is 6.91. The third-order valence-corrected chi connectivity index (χ3v) is 3.61. The normalized spacial score (nSPS) is 21.7. The molecule has 1 fully saturated rings. The molecule has 0 aliphatic carbocycles. The molecule has 2 heterocycles. The standard InChI is InChI=1S/C14H23N3O/c1-2-13-12-16(8-5-7-15-13)10-11-17-9-4-3-6-14(17)18/h3-4,6,9,13,15H,2,5,7-8,10-12H2,1H3. The topological polar surface area (TPSA) is 37.3 Å². The Morgan fingerprint density at radius 2 is 2.28 bits per heavy atom. The van der Waals surface area contributed by atoms with E-state index in [1.165, 1.54) is 12.8 Å². The van der Waals surface area contributed by atoms with Crippen molar-refractivity contribution in [3.8, 4) is 0 Å². The number of aromatic nitrogens is 1. The Kier molecular flexibility index (Phi) is 4.96. The van der Waals surface area contributed by atoms with E-state index < -0.39 is 0 Å². The molecule has 1 aliphatic heterocycles. The third-order valence-electron chi connectivity index (χ3n) is 3.61. The lowest BCUT2D eigenvalue weighted by Crippen LogP contribution is -2.39. The summed E-state index contributed by atoms with van der Waals surface area (Å²) in [6.45, 7) is 7.31. The van der Waals surface area contributed by atoms with E-state index in [2.05, 4.69) is 17.1 Å². The Morgan fingerprint density at radius 3 is 3.06 bits per heavy atom. The minimum absolute atomic E-state index is 0.0949. The summed E-state index contributed by atoms with van der Waals surface area (Å²) in [7, 11) is 0. The van der Waals surface area contributed by atoms with E-state index >= 15 is 0 Å². The van der Waals surface area contributed by atoms with E-state index in [4.69, 9.17) is 0 Å². The van der Waals surface area contributed by atoms with Crippen LogP contribution in [0.2, 0.25) is 0 Å². The lowest BCUT2D eigenvalue weighted by atomic mass is 10.2. The first-order valence-electron chi connectivity index (χ1n) is 6.91. The second kappa shape index (κ2) is 6.71. The fraction of sp³-hybridized carbons (Fsp3) is 0.643. The smallest absolute Gasteiger partial charge is 0.250 e. The van der Waals surface area contributed by atoms with Crippen molar-refractivity contribution in [2.24, 2.45) is 0 Å². The summed E-state index contributed by atoms with van der Waals surface area (Å²) in [5, 5.41) is 3.56. The van der Waals surface area contributed by atoms with E-state index in [0.717, 1.165) is 32.7 Å². The van der Waals surface area contributed by atoms with Crippen LogP contribution in [-0.4, -0.2) is 41.7 Å². The van der Waals surface area contributed by atoms with Gasteiger partial charge in [0, 0.05) is 37.9 Å². The Hall–Kier alpha value is -1.13. The SMILES string of the molecule is CCC1CN(CCn2ccccc2=O)CCCN1. The first kappa shape index (κ1) is 13.3. The van der Waals surface area contributed by atoms with Gasteiger partial charge in [0.25, 0.3) is 5.56 Å². The van der Waals surface area contributed by atoms with Gasteiger partial charge >= 0.3 is 0 Å². The van der Waals surface area contributed by atoms with E-state index in [1.54, 1.807) is 16.7 Å². The minimum atomic E-state index is 0.0949. The van der Waals surface area contributed by atoms with Crippen molar-refractivity contribution in [1.82, 2.24) is 14.8 Å². The highest BCUT2D eigenvalue weighted by Gasteiger charge is 2.15. The van der Waals surface area contributed by atoms with E-state index in [-0.39, 0.29) is 5.56 Å². The highest BCUT2D eigenvalue weighted by molar-refractivity contribution is 4.93. The van der Waals surface area contributed by atoms with Crippen LogP contribution in [0.1, 0.15) is 19.8 Å². The van der Waals surface area contributed by atoms with E-state index in [1.807, 2.05) is 12.3 Å². The molecule has 1 aromatic heterocycles. The Balaban J connectivity index is 1.89. The molecule has 100 valence electrons. The second-order valence-electron chi connectivity index (χ2n) is 4.95. The van der Waals surface area contributed by atoms with Gasteiger partial charge in [0.15, 0.2) is 0 Å². The molecule has 1 unspecified atom stereocenters. The predicted octanol–water partition coefficient (Wildman–Crippen LogP) is 0.922. The Morgan fingerprint density at radius 1 is 1.39 bits per heavy atom. The van der Waals surface area contributed by atoms with Gasteiger partial charge in [0.05, 0.1) is 0 Å². The molecule has 1 atom stereocenters. The molecule has 0 bridgehead atoms. The van der Waals surface area contributed by atoms with Gasteiger partial charge in [-0.1, -0.05) is 13.0 Å². The predicted molar refractivity (Wildman–Crippen MR) is 73.8 cm³/mol. The molecule has 1 N–H and O–H groups in total. The fourth-order valence-corrected chi connectivity index (χ4v) is 2.45. The van der Waals surface area contributed by atoms with Gasteiger partial charge < -0.3 is 9.88 Å². The Labute approximate surface area is 109 Å². The highest BCUT2D eigenvalue weighted by atomic mass is 16.1. The summed E-state index contributed by atoms with van der Waals surface area (Å²) in [5.74, 6) is 0. The van der Waals surface area contributed by atoms with Crippen molar-refractivity contribution in [3.05, 3.63) is 34.7 Å². The molecule has 1 saturated heterocycles. The summed E-state index contributed by atoms with van der Waals surface area (Å²) >= 11 is 0. The zero-order valence-corrected chi connectivity index (χ0v) is 11.1. The fourth-order valence-electron chi connectivity index (χ4n) is 2.45. The molecule has 0 spiro atoms. The number of hydrogen-bond donors (Lipinski definition) is 1. The largest absolute Gasteiger partial charge is 0.314 e. The zero-order chi connectivity index (χ0) is 12.8. The molecule has 1 aliphatic rings. The van der Waals surface area contributed by atoms with Crippen LogP contribution >= 0.6 is 0 Å². The third kappa shape index (κ3) is 3.68. The lowest BCUT2D eigenvalue weighted by Gasteiger charge is -2.23. The molecule has 2 rings (SSSR count). The average molecular weight is 249 g/mol. The van der Waals surface area contributed by atoms with Crippen molar-refractivity contribution in [1.29, 1.82) is 0 Å². The van der Waals surface area contributed by atoms with Gasteiger partial charge in [-0.25, -0.2) is 0 Å². The number of nitrogens with zero attached hydrogens (tertiary/aromatic N) is 2. The van der Waals surface area contributed by atoms with Crippen LogP contribution in [0.4, 0.5) is 0 Å². The summed E-state index contributed by atoms with van der Waals surface area (Å²) in [6.07, 6.45) is 4.23. The molecule has 0 radical (unpaired) electrons. The lowest BCUT2D eigenvalue weighted by molar-refractivity contribution is 0.254. The van der Waals surface area contributed by atoms with Gasteiger partial charge in [-0.3, -0.25) is 9.69 Å². The summed E-state index contributed by atoms with van der Waals surface area (Å²) < 4.78 is 1.79. The van der Waals surface area contributed by atoms with Crippen molar-refractivity contribution >= 4 is 0 Å². The van der Waals surface area contributed by atoms with E-state index in [9.17, 15) is 4.79 Å². The second-order valence-corrected chi connectivity index (χ2v) is 4.95. The molecule has 0 aromatic carbocycles. The average Bonchev–Trinajstić information content (AvgIpc) is 2.63. The maximum atomic E-state index is 11.6. The van der Waals surface area contributed by atoms with Crippen molar-refractivity contribution in [2.75, 3.05) is 26.2 Å². The van der Waals surface area contributed by atoms with Crippen LogP contribution in [0.3, 0.4) is 0 Å². The first-order chi connectivity index (χ1) is 8.79. The van der Waals surface area contributed by atoms with Gasteiger partial charge in [-0.2, -0.15) is 0 Å². The summed E-state index contributed by atoms with van der Waals surface area (Å²) in [6, 6.07) is 5.93. The van der Waals surface area contributed by atoms with Crippen LogP contribution in [0.15, 0.2) is 29.2 Å². The van der Waals surface area contributed by atoms with Crippen LogP contribution in [0.5, 0.6) is 0 Å². The van der Waals surface area contributed by atoms with Gasteiger partial charge in [-0.05, 0) is 32.0 Å². The van der Waals surface area contributed by atoms with Crippen LogP contribution in [0, 0.1) is 0 Å². The summed E-state index contributed by atoms with van der Waals surface area (Å²) in [5.41, 5.74) is 0.0949. The maximum Gasteiger partial charge on any atom is 0.250 e.